The molecule has 0 aliphatic carbocycles. The average molecular weight is 580 g/mol. The predicted octanol–water partition coefficient (Wildman–Crippen LogP) is 3.82. The van der Waals surface area contributed by atoms with Crippen LogP contribution in [0, 0.1) is 26.2 Å². The molecule has 0 saturated heterocycles. The average Bonchev–Trinajstić information content (AvgIpc) is 3.24. The second-order valence-corrected chi connectivity index (χ2v) is 7.80. The van der Waals surface area contributed by atoms with Crippen molar-refractivity contribution in [1.29, 1.82) is 0 Å². The fourth-order valence-electron chi connectivity index (χ4n) is 3.31. The van der Waals surface area contributed by atoms with Gasteiger partial charge < -0.3 is 29.1 Å². The quantitative estimate of drug-likeness (QED) is 0.345. The summed E-state index contributed by atoms with van der Waals surface area (Å²) in [7, 11) is 3.95. The van der Waals surface area contributed by atoms with Crippen molar-refractivity contribution in [2.24, 2.45) is 14.1 Å². The van der Waals surface area contributed by atoms with Crippen molar-refractivity contribution in [3.05, 3.63) is 71.8 Å². The first-order chi connectivity index (χ1) is 13.8. The van der Waals surface area contributed by atoms with Crippen molar-refractivity contribution in [3.8, 4) is 22.8 Å². The molecule has 4 heterocycles. The van der Waals surface area contributed by atoms with Gasteiger partial charge in [-0.2, -0.15) is 0 Å². The van der Waals surface area contributed by atoms with Crippen LogP contribution in [0.2, 0.25) is 0 Å². The van der Waals surface area contributed by atoms with Gasteiger partial charge in [-0.3, -0.25) is 0 Å². The van der Waals surface area contributed by atoms with Crippen molar-refractivity contribution in [1.82, 2.24) is 29.1 Å². The van der Waals surface area contributed by atoms with Crippen LogP contribution in [0.4, 0.5) is 0 Å². The summed E-state index contributed by atoms with van der Waals surface area (Å²) in [6.07, 6.45) is 6.14. The van der Waals surface area contributed by atoms with Gasteiger partial charge in [0.2, 0.25) is 0 Å². The van der Waals surface area contributed by atoms with Crippen molar-refractivity contribution in [2.45, 2.75) is 33.1 Å². The molecule has 0 aliphatic heterocycles. The van der Waals surface area contributed by atoms with Crippen LogP contribution in [0.25, 0.3) is 22.8 Å². The third-order valence-electron chi connectivity index (χ3n) is 5.55. The third-order valence-corrected chi connectivity index (χ3v) is 5.55. The maximum Gasteiger partial charge on any atom is 2.00 e. The molecular weight excluding hydrogens is 555 g/mol. The molecule has 0 amide bonds. The van der Waals surface area contributed by atoms with Crippen LogP contribution in [0.1, 0.15) is 36.9 Å². The van der Waals surface area contributed by atoms with Crippen molar-refractivity contribution >= 4 is 0 Å². The molecule has 156 valence electrons. The number of hydrogen-bond acceptors (Lipinski definition) is 4. The zero-order chi connectivity index (χ0) is 20.8. The van der Waals surface area contributed by atoms with E-state index in [4.69, 9.17) is 9.97 Å². The zero-order valence-corrected chi connectivity index (χ0v) is 20.2. The van der Waals surface area contributed by atoms with Gasteiger partial charge >= 0.3 is 21.1 Å². The molecule has 4 aromatic heterocycles. The summed E-state index contributed by atoms with van der Waals surface area (Å²) >= 11 is 0. The van der Waals surface area contributed by atoms with E-state index in [0.29, 0.717) is 0 Å². The second kappa shape index (κ2) is 8.27. The number of aromatic nitrogens is 6. The van der Waals surface area contributed by atoms with E-state index >= 15 is 0 Å². The molecule has 0 N–H and O–H groups in total. The number of nitrogens with zero attached hydrogens (tertiary/aromatic N) is 6. The molecule has 0 saturated carbocycles. The molecule has 6 nitrogen and oxygen atoms in total. The van der Waals surface area contributed by atoms with Gasteiger partial charge in [-0.05, 0) is 62.9 Å². The molecule has 0 aromatic carbocycles. The molecule has 0 unspecified atom stereocenters. The minimum atomic E-state index is -0.382. The normalized spacial score (nSPS) is 11.4. The monoisotopic (exact) mass is 579 g/mol. The van der Waals surface area contributed by atoms with Crippen LogP contribution in [-0.4, -0.2) is 29.1 Å². The molecule has 0 spiro atoms. The van der Waals surface area contributed by atoms with Crippen LogP contribution in [-0.2, 0) is 40.6 Å². The molecule has 0 fully saturated rings. The fraction of sp³-hybridized carbons (Fsp3) is 0.304. The predicted molar refractivity (Wildman–Crippen MR) is 112 cm³/mol. The number of rotatable bonds is 4. The summed E-state index contributed by atoms with van der Waals surface area (Å²) in [5.74, 6) is 1.81. The van der Waals surface area contributed by atoms with Gasteiger partial charge in [-0.25, -0.2) is 0 Å². The van der Waals surface area contributed by atoms with E-state index in [9.17, 15) is 0 Å². The topological polar surface area (TPSA) is 61.4 Å². The Hall–Kier alpha value is -2.59. The zero-order valence-electron chi connectivity index (χ0n) is 18.0. The Labute approximate surface area is 191 Å². The fourth-order valence-corrected chi connectivity index (χ4v) is 3.31. The number of hydrogen-bond donors (Lipinski definition) is 0. The maximum absolute atomic E-state index is 4.93. The van der Waals surface area contributed by atoms with E-state index in [1.807, 2.05) is 73.5 Å². The van der Waals surface area contributed by atoms with Crippen LogP contribution in [0.3, 0.4) is 0 Å². The van der Waals surface area contributed by atoms with Gasteiger partial charge in [-0.1, -0.05) is 50.5 Å². The summed E-state index contributed by atoms with van der Waals surface area (Å²) in [4.78, 5) is 18.4. The van der Waals surface area contributed by atoms with E-state index in [2.05, 4.69) is 36.2 Å². The van der Waals surface area contributed by atoms with E-state index in [0.717, 1.165) is 45.8 Å². The number of aryl methyl sites for hydroxylation is 2. The Balaban J connectivity index is 0.00000256. The SMILES string of the molecule is Cc1n[c-]c(-c2cccc(C(C)(C)c3cccc(-c4[c-]nc(C)n4C)n3)n2)n1C.[Pt+2]. The molecule has 0 radical (unpaired) electrons. The van der Waals surface area contributed by atoms with Crippen LogP contribution >= 0.6 is 0 Å². The summed E-state index contributed by atoms with van der Waals surface area (Å²) in [6, 6.07) is 12.1. The Morgan fingerprint density at radius 3 is 1.47 bits per heavy atom. The molecule has 0 bridgehead atoms. The minimum Gasteiger partial charge on any atom is -0.403 e. The molecule has 7 heteroatoms. The van der Waals surface area contributed by atoms with Gasteiger partial charge in [0.05, 0.1) is 0 Å². The third kappa shape index (κ3) is 3.76. The molecule has 0 atom stereocenters. The van der Waals surface area contributed by atoms with Gasteiger partial charge in [0, 0.05) is 28.5 Å². The van der Waals surface area contributed by atoms with E-state index in [1.165, 1.54) is 0 Å². The number of imidazole rings is 2. The summed E-state index contributed by atoms with van der Waals surface area (Å²) < 4.78 is 4.00. The van der Waals surface area contributed by atoms with Gasteiger partial charge in [-0.15, -0.1) is 0 Å². The van der Waals surface area contributed by atoms with Gasteiger partial charge in [0.1, 0.15) is 0 Å². The van der Waals surface area contributed by atoms with Gasteiger partial charge in [0.25, 0.3) is 0 Å². The largest absolute Gasteiger partial charge is 2.00 e. The van der Waals surface area contributed by atoms with E-state index < -0.39 is 0 Å². The summed E-state index contributed by atoms with van der Waals surface area (Å²) in [5.41, 5.74) is 4.96. The standard InChI is InChI=1S/C23H24N6.Pt/c1-15-24-13-19(28(15)5)17-9-7-11-21(26-17)23(3,4)22-12-8-10-18(27-22)20-14-25-16(2)29(20)6;/h7-12H,1-6H3;/q-2;+2. The van der Waals surface area contributed by atoms with Crippen LogP contribution in [0.5, 0.6) is 0 Å². The number of pyridine rings is 2. The minimum absolute atomic E-state index is 0. The van der Waals surface area contributed by atoms with Crippen molar-refractivity contribution in [3.63, 3.8) is 0 Å². The van der Waals surface area contributed by atoms with E-state index in [-0.39, 0.29) is 26.5 Å². The molecular formula is C23H24N6Pt. The molecule has 0 aliphatic rings. The van der Waals surface area contributed by atoms with Crippen molar-refractivity contribution < 1.29 is 21.1 Å². The second-order valence-electron chi connectivity index (χ2n) is 7.80. The molecule has 30 heavy (non-hydrogen) atoms. The Bertz CT molecular complexity index is 1100. The Morgan fingerprint density at radius 2 is 1.13 bits per heavy atom. The summed E-state index contributed by atoms with van der Waals surface area (Å²) in [5, 5.41) is 0. The summed E-state index contributed by atoms with van der Waals surface area (Å²) in [6.45, 7) is 8.20. The van der Waals surface area contributed by atoms with Gasteiger partial charge in [0.15, 0.2) is 0 Å². The van der Waals surface area contributed by atoms with Crippen LogP contribution < -0.4 is 0 Å². The Kier molecular flexibility index (Phi) is 6.09. The first-order valence-corrected chi connectivity index (χ1v) is 9.57. The first kappa shape index (κ1) is 22.1. The van der Waals surface area contributed by atoms with Crippen molar-refractivity contribution in [2.75, 3.05) is 0 Å². The first-order valence-electron chi connectivity index (χ1n) is 9.57. The Morgan fingerprint density at radius 1 is 0.733 bits per heavy atom. The molecule has 4 rings (SSSR count). The molecule has 4 aromatic rings. The van der Waals surface area contributed by atoms with E-state index in [1.54, 1.807) is 0 Å². The maximum atomic E-state index is 4.93. The van der Waals surface area contributed by atoms with Crippen LogP contribution in [0.15, 0.2) is 36.4 Å². The smallest absolute Gasteiger partial charge is 0.403 e.